The molecule has 0 aliphatic heterocycles. The lowest BCUT2D eigenvalue weighted by atomic mass is 10.1. The maximum absolute atomic E-state index is 12.9. The number of aromatic nitrogens is 1. The molecule has 0 fully saturated rings. The summed E-state index contributed by atoms with van der Waals surface area (Å²) in [6.07, 6.45) is 1.82. The summed E-state index contributed by atoms with van der Waals surface area (Å²) >= 11 is 5.77. The van der Waals surface area contributed by atoms with Crippen molar-refractivity contribution in [3.8, 4) is 0 Å². The number of amides is 1. The minimum Gasteiger partial charge on any atom is -0.467 e. The molecule has 1 heterocycles. The van der Waals surface area contributed by atoms with Gasteiger partial charge in [-0.3, -0.25) is 9.69 Å². The monoisotopic (exact) mass is 332 g/mol. The van der Waals surface area contributed by atoms with E-state index in [0.717, 1.165) is 0 Å². The molecule has 1 atom stereocenters. The number of pyridine rings is 1. The maximum atomic E-state index is 12.9. The Morgan fingerprint density at radius 1 is 1.22 bits per heavy atom. The van der Waals surface area contributed by atoms with Gasteiger partial charge < -0.3 is 4.74 Å². The molecule has 0 aliphatic rings. The molecule has 0 saturated heterocycles. The number of ether oxygens (including phenoxy) is 1. The number of anilines is 1. The predicted octanol–water partition coefficient (Wildman–Crippen LogP) is 3.33. The lowest BCUT2D eigenvalue weighted by molar-refractivity contribution is -0.142. The molecular formula is C17H17ClN2O3. The van der Waals surface area contributed by atoms with Gasteiger partial charge in [0, 0.05) is 11.9 Å². The van der Waals surface area contributed by atoms with Crippen molar-refractivity contribution >= 4 is 29.2 Å². The standard InChI is InChI=1S/C17H17ClN2O3/c1-3-14(17(22)23-2)20(13-7-5-4-6-8-13)16(21)12-9-10-15(18)19-11-12/h4-11,14H,3H2,1-2H3/t14-/m1/s1. The first-order chi connectivity index (χ1) is 11.1. The Labute approximate surface area is 139 Å². The number of benzene rings is 1. The van der Waals surface area contributed by atoms with Gasteiger partial charge >= 0.3 is 5.97 Å². The van der Waals surface area contributed by atoms with Crippen molar-refractivity contribution in [2.75, 3.05) is 12.0 Å². The molecule has 1 aromatic carbocycles. The van der Waals surface area contributed by atoms with Gasteiger partial charge in [0.2, 0.25) is 0 Å². The summed E-state index contributed by atoms with van der Waals surface area (Å²) in [6, 6.07) is 11.4. The highest BCUT2D eigenvalue weighted by Gasteiger charge is 2.31. The number of carbonyl (C=O) groups excluding carboxylic acids is 2. The molecule has 6 heteroatoms. The number of rotatable bonds is 5. The molecule has 120 valence electrons. The van der Waals surface area contributed by atoms with Crippen LogP contribution in [0, 0.1) is 0 Å². The second kappa shape index (κ2) is 7.74. The Morgan fingerprint density at radius 3 is 2.43 bits per heavy atom. The molecule has 0 bridgehead atoms. The van der Waals surface area contributed by atoms with Gasteiger partial charge in [-0.15, -0.1) is 0 Å². The highest BCUT2D eigenvalue weighted by atomic mass is 35.5. The fraction of sp³-hybridized carbons (Fsp3) is 0.235. The molecule has 1 amide bonds. The van der Waals surface area contributed by atoms with E-state index in [9.17, 15) is 9.59 Å². The molecular weight excluding hydrogens is 316 g/mol. The third kappa shape index (κ3) is 3.87. The van der Waals surface area contributed by atoms with Crippen LogP contribution in [0.25, 0.3) is 0 Å². The molecule has 2 rings (SSSR count). The summed E-state index contributed by atoms with van der Waals surface area (Å²) < 4.78 is 4.84. The summed E-state index contributed by atoms with van der Waals surface area (Å²) in [6.45, 7) is 1.82. The van der Waals surface area contributed by atoms with Gasteiger partial charge in [0.1, 0.15) is 11.2 Å². The van der Waals surface area contributed by atoms with Crippen LogP contribution in [-0.2, 0) is 9.53 Å². The normalized spacial score (nSPS) is 11.6. The highest BCUT2D eigenvalue weighted by Crippen LogP contribution is 2.22. The predicted molar refractivity (Wildman–Crippen MR) is 88.6 cm³/mol. The van der Waals surface area contributed by atoms with E-state index in [1.165, 1.54) is 24.3 Å². The van der Waals surface area contributed by atoms with Crippen LogP contribution in [-0.4, -0.2) is 30.0 Å². The van der Waals surface area contributed by atoms with Crippen molar-refractivity contribution in [3.63, 3.8) is 0 Å². The van der Waals surface area contributed by atoms with Gasteiger partial charge in [0.05, 0.1) is 12.7 Å². The maximum Gasteiger partial charge on any atom is 0.328 e. The van der Waals surface area contributed by atoms with Gasteiger partial charge in [0.25, 0.3) is 5.91 Å². The van der Waals surface area contributed by atoms with Crippen molar-refractivity contribution in [1.82, 2.24) is 4.98 Å². The molecule has 1 aromatic heterocycles. The van der Waals surface area contributed by atoms with Crippen molar-refractivity contribution < 1.29 is 14.3 Å². The van der Waals surface area contributed by atoms with Crippen molar-refractivity contribution in [2.45, 2.75) is 19.4 Å². The van der Waals surface area contributed by atoms with Gasteiger partial charge in [0.15, 0.2) is 0 Å². The fourth-order valence-corrected chi connectivity index (χ4v) is 2.37. The SMILES string of the molecule is CC[C@H](C(=O)OC)N(C(=O)c1ccc(Cl)nc1)c1ccccc1. The zero-order chi connectivity index (χ0) is 16.8. The van der Waals surface area contributed by atoms with Crippen molar-refractivity contribution in [2.24, 2.45) is 0 Å². The molecule has 23 heavy (non-hydrogen) atoms. The zero-order valence-electron chi connectivity index (χ0n) is 12.9. The number of hydrogen-bond donors (Lipinski definition) is 0. The number of hydrogen-bond acceptors (Lipinski definition) is 4. The van der Waals surface area contributed by atoms with Gasteiger partial charge in [-0.2, -0.15) is 0 Å². The number of nitrogens with zero attached hydrogens (tertiary/aromatic N) is 2. The van der Waals surface area contributed by atoms with Gasteiger partial charge in [-0.25, -0.2) is 9.78 Å². The quantitative estimate of drug-likeness (QED) is 0.622. The molecule has 5 nitrogen and oxygen atoms in total. The summed E-state index contributed by atoms with van der Waals surface area (Å²) in [5.41, 5.74) is 0.963. The Balaban J connectivity index is 2.46. The Morgan fingerprint density at radius 2 is 1.91 bits per heavy atom. The second-order valence-corrected chi connectivity index (χ2v) is 5.21. The number of carbonyl (C=O) groups is 2. The second-order valence-electron chi connectivity index (χ2n) is 4.83. The molecule has 0 saturated carbocycles. The summed E-state index contributed by atoms with van der Waals surface area (Å²) in [5.74, 6) is -0.802. The van der Waals surface area contributed by atoms with Gasteiger partial charge in [-0.1, -0.05) is 36.7 Å². The zero-order valence-corrected chi connectivity index (χ0v) is 13.7. The third-order valence-corrected chi connectivity index (χ3v) is 3.62. The van der Waals surface area contributed by atoms with Crippen LogP contribution in [0.5, 0.6) is 0 Å². The summed E-state index contributed by atoms with van der Waals surface area (Å²) in [5, 5.41) is 0.299. The third-order valence-electron chi connectivity index (χ3n) is 3.40. The van der Waals surface area contributed by atoms with E-state index < -0.39 is 12.0 Å². The first kappa shape index (κ1) is 17.0. The van der Waals surface area contributed by atoms with E-state index in [1.54, 1.807) is 30.3 Å². The summed E-state index contributed by atoms with van der Waals surface area (Å²) in [7, 11) is 1.31. The summed E-state index contributed by atoms with van der Waals surface area (Å²) in [4.78, 5) is 30.4. The van der Waals surface area contributed by atoms with Crippen molar-refractivity contribution in [3.05, 3.63) is 59.4 Å². The molecule has 0 aliphatic carbocycles. The van der Waals surface area contributed by atoms with Crippen LogP contribution in [0.4, 0.5) is 5.69 Å². The van der Waals surface area contributed by atoms with Crippen LogP contribution in [0.3, 0.4) is 0 Å². The van der Waals surface area contributed by atoms with E-state index in [2.05, 4.69) is 4.98 Å². The molecule has 0 radical (unpaired) electrons. The lowest BCUT2D eigenvalue weighted by Crippen LogP contribution is -2.45. The first-order valence-electron chi connectivity index (χ1n) is 7.16. The van der Waals surface area contributed by atoms with Crippen LogP contribution in [0.2, 0.25) is 5.15 Å². The smallest absolute Gasteiger partial charge is 0.328 e. The minimum atomic E-state index is -0.717. The van der Waals surface area contributed by atoms with Crippen LogP contribution >= 0.6 is 11.6 Å². The number of esters is 1. The Bertz CT molecular complexity index is 674. The number of methoxy groups -OCH3 is 1. The van der Waals surface area contributed by atoms with Crippen LogP contribution in [0.1, 0.15) is 23.7 Å². The molecule has 0 spiro atoms. The lowest BCUT2D eigenvalue weighted by Gasteiger charge is -2.29. The van der Waals surface area contributed by atoms with Crippen molar-refractivity contribution in [1.29, 1.82) is 0 Å². The average Bonchev–Trinajstić information content (AvgIpc) is 2.59. The average molecular weight is 333 g/mol. The molecule has 0 unspecified atom stereocenters. The van der Waals surface area contributed by atoms with E-state index in [1.807, 2.05) is 13.0 Å². The minimum absolute atomic E-state index is 0.299. The van der Waals surface area contributed by atoms with E-state index in [-0.39, 0.29) is 5.91 Å². The number of para-hydroxylation sites is 1. The van der Waals surface area contributed by atoms with Gasteiger partial charge in [-0.05, 0) is 30.7 Å². The highest BCUT2D eigenvalue weighted by molar-refractivity contribution is 6.29. The van der Waals surface area contributed by atoms with Crippen LogP contribution < -0.4 is 4.90 Å². The van der Waals surface area contributed by atoms with E-state index in [0.29, 0.717) is 22.8 Å². The van der Waals surface area contributed by atoms with E-state index in [4.69, 9.17) is 16.3 Å². The van der Waals surface area contributed by atoms with E-state index >= 15 is 0 Å². The fourth-order valence-electron chi connectivity index (χ4n) is 2.26. The largest absolute Gasteiger partial charge is 0.467 e. The Hall–Kier alpha value is -2.40. The molecule has 2 aromatic rings. The Kier molecular flexibility index (Phi) is 5.71. The molecule has 0 N–H and O–H groups in total. The number of halogens is 1. The topological polar surface area (TPSA) is 59.5 Å². The first-order valence-corrected chi connectivity index (χ1v) is 7.54. The van der Waals surface area contributed by atoms with Crippen LogP contribution in [0.15, 0.2) is 48.7 Å².